The zero-order chi connectivity index (χ0) is 13.0. The van der Waals surface area contributed by atoms with Crippen molar-refractivity contribution >= 4 is 5.91 Å². The van der Waals surface area contributed by atoms with E-state index in [4.69, 9.17) is 10.5 Å². The molecule has 4 heteroatoms. The summed E-state index contributed by atoms with van der Waals surface area (Å²) in [5.41, 5.74) is 5.38. The van der Waals surface area contributed by atoms with Crippen LogP contribution in [-0.4, -0.2) is 30.7 Å². The van der Waals surface area contributed by atoms with Crippen molar-refractivity contribution < 1.29 is 9.53 Å². The van der Waals surface area contributed by atoms with E-state index in [0.717, 1.165) is 23.7 Å². The van der Waals surface area contributed by atoms with E-state index in [9.17, 15) is 4.79 Å². The Balaban J connectivity index is 1.43. The molecule has 4 fully saturated rings. The van der Waals surface area contributed by atoms with Crippen molar-refractivity contribution in [1.29, 1.82) is 0 Å². The molecule has 0 aromatic heterocycles. The number of carbonyl (C=O) groups excluding carboxylic acids is 1. The van der Waals surface area contributed by atoms with Crippen LogP contribution >= 0.6 is 0 Å². The molecule has 2 bridgehead atoms. The van der Waals surface area contributed by atoms with Gasteiger partial charge in [0.15, 0.2) is 0 Å². The fourth-order valence-electron chi connectivity index (χ4n) is 5.31. The lowest BCUT2D eigenvalue weighted by Gasteiger charge is -2.34. The van der Waals surface area contributed by atoms with E-state index in [1.54, 1.807) is 0 Å². The average Bonchev–Trinajstić information content (AvgIpc) is 3.08. The van der Waals surface area contributed by atoms with Crippen molar-refractivity contribution in [3.8, 4) is 0 Å². The molecule has 4 nitrogen and oxygen atoms in total. The Morgan fingerprint density at radius 3 is 2.84 bits per heavy atom. The van der Waals surface area contributed by atoms with Crippen LogP contribution in [0.4, 0.5) is 0 Å². The third kappa shape index (κ3) is 1.76. The summed E-state index contributed by atoms with van der Waals surface area (Å²) < 4.78 is 5.29. The zero-order valence-corrected chi connectivity index (χ0v) is 11.4. The molecule has 1 saturated heterocycles. The van der Waals surface area contributed by atoms with Crippen LogP contribution in [0, 0.1) is 23.7 Å². The first-order valence-corrected chi connectivity index (χ1v) is 7.85. The highest BCUT2D eigenvalue weighted by atomic mass is 16.5. The van der Waals surface area contributed by atoms with Gasteiger partial charge in [-0.3, -0.25) is 4.79 Å². The maximum atomic E-state index is 12.4. The van der Waals surface area contributed by atoms with E-state index in [-0.39, 0.29) is 5.91 Å². The summed E-state index contributed by atoms with van der Waals surface area (Å²) in [5.74, 6) is 3.48. The molecule has 1 aliphatic heterocycles. The lowest BCUT2D eigenvalue weighted by Crippen LogP contribution is -2.58. The van der Waals surface area contributed by atoms with Gasteiger partial charge in [0.2, 0.25) is 5.91 Å². The number of fused-ring (bicyclic) bond motifs is 5. The largest absolute Gasteiger partial charge is 0.379 e. The van der Waals surface area contributed by atoms with E-state index >= 15 is 0 Å². The second-order valence-electron chi connectivity index (χ2n) is 7.19. The summed E-state index contributed by atoms with van der Waals surface area (Å²) >= 11 is 0. The summed E-state index contributed by atoms with van der Waals surface area (Å²) in [7, 11) is 0. The van der Waals surface area contributed by atoms with Gasteiger partial charge in [0.25, 0.3) is 0 Å². The molecule has 0 radical (unpaired) electrons. The number of hydrogen-bond donors (Lipinski definition) is 2. The Bertz CT molecular complexity index is 392. The van der Waals surface area contributed by atoms with Gasteiger partial charge in [0.1, 0.15) is 5.54 Å². The predicted octanol–water partition coefficient (Wildman–Crippen LogP) is 1.05. The molecule has 3 saturated carbocycles. The molecule has 0 aromatic carbocycles. The second kappa shape index (κ2) is 4.19. The molecular formula is C15H24N2O2. The minimum absolute atomic E-state index is 0.0251. The third-order valence-electron chi connectivity index (χ3n) is 6.25. The number of nitrogens with two attached hydrogens (primary N) is 1. The van der Waals surface area contributed by atoms with Crippen molar-refractivity contribution in [2.24, 2.45) is 29.4 Å². The second-order valence-corrected chi connectivity index (χ2v) is 7.19. The lowest BCUT2D eigenvalue weighted by molar-refractivity contribution is -0.127. The van der Waals surface area contributed by atoms with Crippen molar-refractivity contribution in [3.05, 3.63) is 0 Å². The fraction of sp³-hybridized carbons (Fsp3) is 0.933. The van der Waals surface area contributed by atoms with Gasteiger partial charge in [-0.1, -0.05) is 6.42 Å². The quantitative estimate of drug-likeness (QED) is 0.783. The van der Waals surface area contributed by atoms with Crippen LogP contribution in [0.2, 0.25) is 0 Å². The molecule has 3 aliphatic carbocycles. The SMILES string of the molecule is NC1(C(=O)NC2CC3CC2C2CCCC32)CCOC1. The number of amides is 1. The minimum atomic E-state index is -0.767. The van der Waals surface area contributed by atoms with Crippen LogP contribution in [0.3, 0.4) is 0 Å². The molecule has 19 heavy (non-hydrogen) atoms. The van der Waals surface area contributed by atoms with Crippen LogP contribution in [0.25, 0.3) is 0 Å². The first-order valence-electron chi connectivity index (χ1n) is 7.85. The highest BCUT2D eigenvalue weighted by Crippen LogP contribution is 2.58. The number of ether oxygens (including phenoxy) is 1. The number of rotatable bonds is 2. The molecule has 0 spiro atoms. The van der Waals surface area contributed by atoms with Crippen molar-refractivity contribution in [1.82, 2.24) is 5.32 Å². The van der Waals surface area contributed by atoms with E-state index in [0.29, 0.717) is 25.7 Å². The van der Waals surface area contributed by atoms with Crippen molar-refractivity contribution in [3.63, 3.8) is 0 Å². The molecular weight excluding hydrogens is 240 g/mol. The molecule has 4 rings (SSSR count). The Morgan fingerprint density at radius 1 is 1.21 bits per heavy atom. The third-order valence-corrected chi connectivity index (χ3v) is 6.25. The molecule has 3 N–H and O–H groups in total. The van der Waals surface area contributed by atoms with Crippen molar-refractivity contribution in [2.75, 3.05) is 13.2 Å². The fourth-order valence-corrected chi connectivity index (χ4v) is 5.31. The maximum Gasteiger partial charge on any atom is 0.242 e. The summed E-state index contributed by atoms with van der Waals surface area (Å²) in [4.78, 5) is 12.4. The van der Waals surface area contributed by atoms with E-state index in [2.05, 4.69) is 5.32 Å². The molecule has 6 unspecified atom stereocenters. The normalized spacial score (nSPS) is 51.5. The summed E-state index contributed by atoms with van der Waals surface area (Å²) in [5, 5.41) is 3.26. The predicted molar refractivity (Wildman–Crippen MR) is 71.3 cm³/mol. The minimum Gasteiger partial charge on any atom is -0.379 e. The Hall–Kier alpha value is -0.610. The molecule has 106 valence electrons. The molecule has 4 aliphatic rings. The average molecular weight is 264 g/mol. The van der Waals surface area contributed by atoms with Crippen LogP contribution in [0.1, 0.15) is 38.5 Å². The van der Waals surface area contributed by atoms with Gasteiger partial charge in [0, 0.05) is 12.6 Å². The van der Waals surface area contributed by atoms with Crippen LogP contribution in [0.5, 0.6) is 0 Å². The summed E-state index contributed by atoms with van der Waals surface area (Å²) in [6.45, 7) is 0.997. The highest BCUT2D eigenvalue weighted by molar-refractivity contribution is 5.86. The van der Waals surface area contributed by atoms with E-state index in [1.165, 1.54) is 32.1 Å². The van der Waals surface area contributed by atoms with Gasteiger partial charge in [-0.15, -0.1) is 0 Å². The Morgan fingerprint density at radius 2 is 2.05 bits per heavy atom. The first kappa shape index (κ1) is 12.2. The zero-order valence-electron chi connectivity index (χ0n) is 11.4. The van der Waals surface area contributed by atoms with E-state index in [1.807, 2.05) is 0 Å². The van der Waals surface area contributed by atoms with E-state index < -0.39 is 5.54 Å². The van der Waals surface area contributed by atoms with Gasteiger partial charge in [-0.2, -0.15) is 0 Å². The maximum absolute atomic E-state index is 12.4. The van der Waals surface area contributed by atoms with Crippen molar-refractivity contribution in [2.45, 2.75) is 50.1 Å². The standard InChI is InChI=1S/C15H24N2O2/c16-15(4-5-19-8-15)14(18)17-13-7-9-6-12(13)11-3-1-2-10(9)11/h9-13H,1-8,16H2,(H,17,18). The Kier molecular flexibility index (Phi) is 2.68. The molecule has 1 heterocycles. The molecule has 1 amide bonds. The van der Waals surface area contributed by atoms with Gasteiger partial charge in [-0.05, 0) is 55.8 Å². The van der Waals surface area contributed by atoms with Gasteiger partial charge in [-0.25, -0.2) is 0 Å². The first-order chi connectivity index (χ1) is 9.17. The molecule has 0 aromatic rings. The topological polar surface area (TPSA) is 64.4 Å². The summed E-state index contributed by atoms with van der Waals surface area (Å²) in [6, 6.07) is 0.387. The number of carbonyl (C=O) groups is 1. The number of hydrogen-bond acceptors (Lipinski definition) is 3. The van der Waals surface area contributed by atoms with Crippen LogP contribution < -0.4 is 11.1 Å². The highest BCUT2D eigenvalue weighted by Gasteiger charge is 2.54. The molecule has 6 atom stereocenters. The lowest BCUT2D eigenvalue weighted by atomic mass is 9.79. The monoisotopic (exact) mass is 264 g/mol. The van der Waals surface area contributed by atoms with Gasteiger partial charge >= 0.3 is 0 Å². The van der Waals surface area contributed by atoms with Gasteiger partial charge < -0.3 is 15.8 Å². The Labute approximate surface area is 114 Å². The smallest absolute Gasteiger partial charge is 0.242 e. The number of nitrogens with one attached hydrogen (secondary N) is 1. The van der Waals surface area contributed by atoms with Crippen LogP contribution in [-0.2, 0) is 9.53 Å². The summed E-state index contributed by atoms with van der Waals surface area (Å²) in [6.07, 6.45) is 7.41. The van der Waals surface area contributed by atoms with Gasteiger partial charge in [0.05, 0.1) is 6.61 Å². The van der Waals surface area contributed by atoms with Crippen LogP contribution in [0.15, 0.2) is 0 Å².